The third-order valence-corrected chi connectivity index (χ3v) is 4.24. The van der Waals surface area contributed by atoms with Crippen LogP contribution in [0.1, 0.15) is 51.9 Å². The lowest BCUT2D eigenvalue weighted by Gasteiger charge is -2.24. The van der Waals surface area contributed by atoms with Gasteiger partial charge >= 0.3 is 0 Å². The molecule has 1 atom stereocenters. The number of nitrogens with one attached hydrogen (secondary N) is 1. The van der Waals surface area contributed by atoms with Crippen LogP contribution in [0.5, 0.6) is 0 Å². The minimum absolute atomic E-state index is 0.467. The molecule has 2 fully saturated rings. The molecule has 2 heteroatoms. The highest BCUT2D eigenvalue weighted by molar-refractivity contribution is 4.85. The minimum atomic E-state index is 0.467. The predicted molar refractivity (Wildman–Crippen MR) is 64.8 cm³/mol. The van der Waals surface area contributed by atoms with Crippen LogP contribution in [0.15, 0.2) is 0 Å². The summed E-state index contributed by atoms with van der Waals surface area (Å²) in [5.41, 5.74) is 6.65. The Morgan fingerprint density at radius 2 is 2.00 bits per heavy atom. The average Bonchev–Trinajstić information content (AvgIpc) is 2.98. The molecular formula is C13H26N2. The summed E-state index contributed by atoms with van der Waals surface area (Å²) in [6.07, 6.45) is 9.60. The Hall–Kier alpha value is -0.0800. The molecule has 0 amide bonds. The van der Waals surface area contributed by atoms with Crippen molar-refractivity contribution >= 4 is 0 Å². The molecule has 0 saturated heterocycles. The highest BCUT2D eigenvalue weighted by Crippen LogP contribution is 2.36. The lowest BCUT2D eigenvalue weighted by Crippen LogP contribution is -2.33. The second kappa shape index (κ2) is 4.84. The first-order valence-electron chi connectivity index (χ1n) is 6.66. The first-order valence-corrected chi connectivity index (χ1v) is 6.66. The third kappa shape index (κ3) is 3.46. The van der Waals surface area contributed by atoms with E-state index in [0.717, 1.165) is 12.5 Å². The molecule has 0 spiro atoms. The maximum Gasteiger partial charge on any atom is 0.00792 e. The summed E-state index contributed by atoms with van der Waals surface area (Å²) in [7, 11) is 0. The maximum atomic E-state index is 6.07. The van der Waals surface area contributed by atoms with E-state index in [2.05, 4.69) is 12.2 Å². The summed E-state index contributed by atoms with van der Waals surface area (Å²) in [6, 6.07) is 0.467. The molecule has 0 aliphatic heterocycles. The van der Waals surface area contributed by atoms with E-state index in [0.29, 0.717) is 11.5 Å². The van der Waals surface area contributed by atoms with Gasteiger partial charge in [-0.3, -0.25) is 0 Å². The first-order chi connectivity index (χ1) is 7.20. The third-order valence-electron chi connectivity index (χ3n) is 4.24. The van der Waals surface area contributed by atoms with Crippen LogP contribution in [0.25, 0.3) is 0 Å². The molecule has 0 radical (unpaired) electrons. The number of hydrogen-bond acceptors (Lipinski definition) is 2. The van der Waals surface area contributed by atoms with Crippen molar-refractivity contribution in [3.05, 3.63) is 0 Å². The van der Waals surface area contributed by atoms with Gasteiger partial charge in [-0.05, 0) is 50.0 Å². The molecule has 2 saturated carbocycles. The Bertz CT molecular complexity index is 193. The Morgan fingerprint density at radius 3 is 2.60 bits per heavy atom. The van der Waals surface area contributed by atoms with Crippen LogP contribution < -0.4 is 11.1 Å². The zero-order valence-electron chi connectivity index (χ0n) is 10.1. The van der Waals surface area contributed by atoms with Crippen molar-refractivity contribution in [2.45, 2.75) is 57.9 Å². The average molecular weight is 210 g/mol. The molecule has 0 bridgehead atoms. The fourth-order valence-corrected chi connectivity index (χ4v) is 2.82. The smallest absolute Gasteiger partial charge is 0.00792 e. The lowest BCUT2D eigenvalue weighted by atomic mass is 9.89. The highest BCUT2D eigenvalue weighted by atomic mass is 14.9. The largest absolute Gasteiger partial charge is 0.327 e. The fraction of sp³-hybridized carbons (Fsp3) is 1.00. The number of rotatable bonds is 6. The van der Waals surface area contributed by atoms with Crippen LogP contribution in [-0.2, 0) is 0 Å². The summed E-state index contributed by atoms with van der Waals surface area (Å²) in [5, 5.41) is 3.60. The van der Waals surface area contributed by atoms with Crippen molar-refractivity contribution in [2.24, 2.45) is 17.1 Å². The summed E-state index contributed by atoms with van der Waals surface area (Å²) in [5.74, 6) is 0.855. The topological polar surface area (TPSA) is 38.0 Å². The van der Waals surface area contributed by atoms with Gasteiger partial charge in [0.05, 0.1) is 0 Å². The fourth-order valence-electron chi connectivity index (χ4n) is 2.82. The first kappa shape index (κ1) is 11.4. The molecule has 3 N–H and O–H groups in total. The molecule has 1 unspecified atom stereocenters. The second-order valence-electron chi connectivity index (χ2n) is 5.98. The van der Waals surface area contributed by atoms with Crippen LogP contribution in [0.2, 0.25) is 0 Å². The molecule has 2 aliphatic carbocycles. The van der Waals surface area contributed by atoms with Gasteiger partial charge in [0.1, 0.15) is 0 Å². The quantitative estimate of drug-likeness (QED) is 0.660. The van der Waals surface area contributed by atoms with E-state index < -0.39 is 0 Å². The van der Waals surface area contributed by atoms with E-state index in [4.69, 9.17) is 5.73 Å². The van der Waals surface area contributed by atoms with E-state index in [1.807, 2.05) is 0 Å². The van der Waals surface area contributed by atoms with Crippen LogP contribution >= 0.6 is 0 Å². The van der Waals surface area contributed by atoms with Gasteiger partial charge in [0.2, 0.25) is 0 Å². The highest BCUT2D eigenvalue weighted by Gasteiger charge is 2.29. The van der Waals surface area contributed by atoms with Gasteiger partial charge in [0.25, 0.3) is 0 Å². The van der Waals surface area contributed by atoms with E-state index in [1.54, 1.807) is 0 Å². The molecule has 88 valence electrons. The molecule has 0 aromatic heterocycles. The van der Waals surface area contributed by atoms with Gasteiger partial charge in [0, 0.05) is 12.6 Å². The zero-order chi connectivity index (χ0) is 10.7. The molecule has 2 aliphatic rings. The van der Waals surface area contributed by atoms with Gasteiger partial charge in [-0.25, -0.2) is 0 Å². The Balaban J connectivity index is 1.54. The molecule has 0 heterocycles. The van der Waals surface area contributed by atoms with Crippen molar-refractivity contribution in [3.63, 3.8) is 0 Å². The predicted octanol–water partition coefficient (Wildman–Crippen LogP) is 2.28. The van der Waals surface area contributed by atoms with Crippen LogP contribution in [0.4, 0.5) is 0 Å². The van der Waals surface area contributed by atoms with Crippen LogP contribution in [0, 0.1) is 11.3 Å². The monoisotopic (exact) mass is 210 g/mol. The van der Waals surface area contributed by atoms with Gasteiger partial charge in [0.15, 0.2) is 0 Å². The lowest BCUT2D eigenvalue weighted by molar-refractivity contribution is 0.312. The zero-order valence-corrected chi connectivity index (χ0v) is 10.1. The minimum Gasteiger partial charge on any atom is -0.327 e. The normalized spacial score (nSPS) is 26.8. The standard InChI is InChI=1S/C13H26N2/c1-13(7-2-3-8-13)10-15-9-6-12(14)11-4-5-11/h11-12,15H,2-10,14H2,1H3. The molecule has 15 heavy (non-hydrogen) atoms. The summed E-state index contributed by atoms with van der Waals surface area (Å²) >= 11 is 0. The summed E-state index contributed by atoms with van der Waals surface area (Å²) in [4.78, 5) is 0. The number of nitrogens with two attached hydrogens (primary N) is 1. The maximum absolute atomic E-state index is 6.07. The van der Waals surface area contributed by atoms with Crippen LogP contribution in [0.3, 0.4) is 0 Å². The van der Waals surface area contributed by atoms with E-state index in [-0.39, 0.29) is 0 Å². The van der Waals surface area contributed by atoms with Crippen molar-refractivity contribution in [3.8, 4) is 0 Å². The molecule has 2 rings (SSSR count). The van der Waals surface area contributed by atoms with E-state index in [1.165, 1.54) is 51.5 Å². The van der Waals surface area contributed by atoms with Gasteiger partial charge in [-0.1, -0.05) is 19.8 Å². The van der Waals surface area contributed by atoms with E-state index in [9.17, 15) is 0 Å². The SMILES string of the molecule is CC1(CNCCC(N)C2CC2)CCCC1. The van der Waals surface area contributed by atoms with Crippen molar-refractivity contribution in [1.29, 1.82) is 0 Å². The molecular weight excluding hydrogens is 184 g/mol. The van der Waals surface area contributed by atoms with Crippen molar-refractivity contribution < 1.29 is 0 Å². The van der Waals surface area contributed by atoms with Gasteiger partial charge in [-0.2, -0.15) is 0 Å². The Kier molecular flexibility index (Phi) is 3.68. The van der Waals surface area contributed by atoms with Gasteiger partial charge in [-0.15, -0.1) is 0 Å². The van der Waals surface area contributed by atoms with Gasteiger partial charge < -0.3 is 11.1 Å². The van der Waals surface area contributed by atoms with Crippen molar-refractivity contribution in [1.82, 2.24) is 5.32 Å². The molecule has 2 nitrogen and oxygen atoms in total. The summed E-state index contributed by atoms with van der Waals surface area (Å²) < 4.78 is 0. The number of hydrogen-bond donors (Lipinski definition) is 2. The summed E-state index contributed by atoms with van der Waals surface area (Å²) in [6.45, 7) is 4.74. The van der Waals surface area contributed by atoms with Crippen LogP contribution in [-0.4, -0.2) is 19.1 Å². The van der Waals surface area contributed by atoms with Crippen molar-refractivity contribution in [2.75, 3.05) is 13.1 Å². The molecule has 0 aromatic carbocycles. The van der Waals surface area contributed by atoms with E-state index >= 15 is 0 Å². The Labute approximate surface area is 94.0 Å². The molecule has 0 aromatic rings. The Morgan fingerprint density at radius 1 is 1.33 bits per heavy atom. The second-order valence-corrected chi connectivity index (χ2v) is 5.98.